The van der Waals surface area contributed by atoms with Crippen LogP contribution in [0.1, 0.15) is 11.4 Å². The maximum atomic E-state index is 12.4. The van der Waals surface area contributed by atoms with E-state index in [9.17, 15) is 13.2 Å². The van der Waals surface area contributed by atoms with Crippen molar-refractivity contribution in [3.05, 3.63) is 42.2 Å². The number of amides is 1. The third-order valence-electron chi connectivity index (χ3n) is 5.31. The van der Waals surface area contributed by atoms with Crippen LogP contribution in [-0.2, 0) is 21.4 Å². The van der Waals surface area contributed by atoms with Gasteiger partial charge in [0.15, 0.2) is 11.5 Å². The standard InChI is InChI=1S/C19H21N9O3S2/c1-12-9-28-15(13-6-21-22-7-13)8-20-19(28)18(23-12)24-16-5-14(25-32-16)10-26-3-4-27(11-17(26)29)33(2,30)31/h5-9H,3-4,10-11H2,1-2H3,(H,21,22)(H,23,24). The topological polar surface area (TPSA) is 141 Å². The lowest BCUT2D eigenvalue weighted by Crippen LogP contribution is -2.51. The molecule has 172 valence electrons. The summed E-state index contributed by atoms with van der Waals surface area (Å²) < 4.78 is 30.9. The van der Waals surface area contributed by atoms with Crippen molar-refractivity contribution in [1.82, 2.24) is 38.1 Å². The van der Waals surface area contributed by atoms with E-state index in [0.29, 0.717) is 24.6 Å². The van der Waals surface area contributed by atoms with Crippen molar-refractivity contribution >= 4 is 43.9 Å². The molecule has 2 N–H and O–H groups in total. The molecule has 4 aromatic rings. The first-order valence-corrected chi connectivity index (χ1v) is 12.7. The Kier molecular flexibility index (Phi) is 5.34. The van der Waals surface area contributed by atoms with Crippen LogP contribution in [0.15, 0.2) is 30.9 Å². The van der Waals surface area contributed by atoms with E-state index < -0.39 is 10.0 Å². The summed E-state index contributed by atoms with van der Waals surface area (Å²) in [6, 6.07) is 1.86. The molecule has 0 unspecified atom stereocenters. The Labute approximate surface area is 193 Å². The Balaban J connectivity index is 1.33. The van der Waals surface area contributed by atoms with Gasteiger partial charge < -0.3 is 10.2 Å². The molecule has 0 aromatic carbocycles. The summed E-state index contributed by atoms with van der Waals surface area (Å²) >= 11 is 1.26. The lowest BCUT2D eigenvalue weighted by Gasteiger charge is -2.32. The molecule has 0 radical (unpaired) electrons. The predicted octanol–water partition coefficient (Wildman–Crippen LogP) is 1.23. The zero-order valence-corrected chi connectivity index (χ0v) is 19.5. The molecule has 0 saturated carbocycles. The van der Waals surface area contributed by atoms with Crippen molar-refractivity contribution < 1.29 is 13.2 Å². The molecule has 14 heteroatoms. The number of carbonyl (C=O) groups is 1. The minimum Gasteiger partial charge on any atom is -0.334 e. The number of hydrogen-bond acceptors (Lipinski definition) is 9. The number of nitrogens with one attached hydrogen (secondary N) is 2. The van der Waals surface area contributed by atoms with E-state index in [4.69, 9.17) is 0 Å². The minimum atomic E-state index is -3.38. The first kappa shape index (κ1) is 21.5. The Hall–Kier alpha value is -3.36. The number of imidazole rings is 1. The second-order valence-corrected chi connectivity index (χ2v) is 10.6. The van der Waals surface area contributed by atoms with E-state index in [1.807, 2.05) is 23.6 Å². The van der Waals surface area contributed by atoms with Crippen LogP contribution < -0.4 is 5.32 Å². The van der Waals surface area contributed by atoms with Gasteiger partial charge in [-0.05, 0) is 24.5 Å². The van der Waals surface area contributed by atoms with Gasteiger partial charge in [-0.3, -0.25) is 14.3 Å². The lowest BCUT2D eigenvalue weighted by atomic mass is 10.3. The molecule has 1 amide bonds. The number of fused-ring (bicyclic) bond motifs is 1. The molecular weight excluding hydrogens is 466 g/mol. The van der Waals surface area contributed by atoms with Gasteiger partial charge in [-0.15, -0.1) is 0 Å². The Morgan fingerprint density at radius 1 is 1.27 bits per heavy atom. The molecule has 0 aliphatic carbocycles. The quantitative estimate of drug-likeness (QED) is 0.414. The smallest absolute Gasteiger partial charge is 0.238 e. The first-order valence-electron chi connectivity index (χ1n) is 10.1. The van der Waals surface area contributed by atoms with Crippen molar-refractivity contribution in [2.24, 2.45) is 0 Å². The molecule has 12 nitrogen and oxygen atoms in total. The lowest BCUT2D eigenvalue weighted by molar-refractivity contribution is -0.134. The number of nitrogens with zero attached hydrogens (tertiary/aromatic N) is 7. The van der Waals surface area contributed by atoms with Crippen LogP contribution in [0.25, 0.3) is 16.9 Å². The fourth-order valence-corrected chi connectivity index (χ4v) is 5.11. The van der Waals surface area contributed by atoms with Gasteiger partial charge in [0.1, 0.15) is 5.00 Å². The van der Waals surface area contributed by atoms with E-state index >= 15 is 0 Å². The van der Waals surface area contributed by atoms with Crippen LogP contribution in [0, 0.1) is 6.92 Å². The van der Waals surface area contributed by atoms with Gasteiger partial charge in [0, 0.05) is 31.0 Å². The van der Waals surface area contributed by atoms with Crippen LogP contribution in [0.5, 0.6) is 0 Å². The second-order valence-electron chi connectivity index (χ2n) is 7.77. The monoisotopic (exact) mass is 487 g/mol. The number of rotatable bonds is 6. The van der Waals surface area contributed by atoms with Gasteiger partial charge in [-0.1, -0.05) is 0 Å². The van der Waals surface area contributed by atoms with Crippen molar-refractivity contribution in [3.8, 4) is 11.3 Å². The highest BCUT2D eigenvalue weighted by Crippen LogP contribution is 2.27. The summed E-state index contributed by atoms with van der Waals surface area (Å²) in [6.45, 7) is 2.70. The summed E-state index contributed by atoms with van der Waals surface area (Å²) in [6.07, 6.45) is 8.34. The number of piperazine rings is 1. The van der Waals surface area contributed by atoms with Crippen LogP contribution in [-0.4, -0.2) is 78.4 Å². The molecule has 5 rings (SSSR count). The molecule has 0 atom stereocenters. The maximum absolute atomic E-state index is 12.4. The van der Waals surface area contributed by atoms with Crippen molar-refractivity contribution in [2.75, 3.05) is 31.2 Å². The SMILES string of the molecule is Cc1cn2c(-c3cn[nH]c3)cnc2c(Nc2cc(CN3CCN(S(C)(=O)=O)CC3=O)ns2)n1. The fourth-order valence-electron chi connectivity index (χ4n) is 3.69. The average Bonchev–Trinajstić information content (AvgIpc) is 3.49. The van der Waals surface area contributed by atoms with E-state index in [2.05, 4.69) is 29.9 Å². The van der Waals surface area contributed by atoms with Gasteiger partial charge in [-0.25, -0.2) is 18.4 Å². The highest BCUT2D eigenvalue weighted by Gasteiger charge is 2.29. The largest absolute Gasteiger partial charge is 0.334 e. The molecule has 1 aliphatic rings. The fraction of sp³-hybridized carbons (Fsp3) is 0.316. The predicted molar refractivity (Wildman–Crippen MR) is 123 cm³/mol. The third kappa shape index (κ3) is 4.31. The average molecular weight is 488 g/mol. The summed E-state index contributed by atoms with van der Waals surface area (Å²) in [4.78, 5) is 23.1. The zero-order chi connectivity index (χ0) is 23.2. The van der Waals surface area contributed by atoms with Gasteiger partial charge in [-0.2, -0.15) is 13.8 Å². The molecule has 0 spiro atoms. The molecule has 0 bridgehead atoms. The van der Waals surface area contributed by atoms with E-state index in [0.717, 1.165) is 33.9 Å². The molecule has 1 fully saturated rings. The van der Waals surface area contributed by atoms with Crippen LogP contribution in [0.2, 0.25) is 0 Å². The molecular formula is C19H21N9O3S2. The summed E-state index contributed by atoms with van der Waals surface area (Å²) in [5, 5.41) is 10.9. The normalized spacial score (nSPS) is 15.5. The number of H-pyrrole nitrogens is 1. The Bertz CT molecular complexity index is 1430. The summed E-state index contributed by atoms with van der Waals surface area (Å²) in [7, 11) is -3.38. The Morgan fingerprint density at radius 2 is 2.12 bits per heavy atom. The van der Waals surface area contributed by atoms with Crippen molar-refractivity contribution in [2.45, 2.75) is 13.5 Å². The van der Waals surface area contributed by atoms with Gasteiger partial charge in [0.2, 0.25) is 15.9 Å². The second kappa shape index (κ2) is 8.20. The van der Waals surface area contributed by atoms with Gasteiger partial charge in [0.25, 0.3) is 0 Å². The van der Waals surface area contributed by atoms with E-state index in [1.165, 1.54) is 15.8 Å². The maximum Gasteiger partial charge on any atom is 0.238 e. The molecule has 33 heavy (non-hydrogen) atoms. The van der Waals surface area contributed by atoms with Crippen LogP contribution in [0.4, 0.5) is 10.8 Å². The van der Waals surface area contributed by atoms with E-state index in [1.54, 1.807) is 23.5 Å². The number of hydrogen-bond donors (Lipinski definition) is 2. The summed E-state index contributed by atoms with van der Waals surface area (Å²) in [5.74, 6) is 0.359. The molecule has 1 aliphatic heterocycles. The number of aromatic amines is 1. The first-order chi connectivity index (χ1) is 15.8. The number of anilines is 2. The van der Waals surface area contributed by atoms with Crippen molar-refractivity contribution in [3.63, 3.8) is 0 Å². The molecule has 4 aromatic heterocycles. The molecule has 1 saturated heterocycles. The molecule has 5 heterocycles. The van der Waals surface area contributed by atoms with E-state index in [-0.39, 0.29) is 19.0 Å². The number of sulfonamides is 1. The highest BCUT2D eigenvalue weighted by atomic mass is 32.2. The highest BCUT2D eigenvalue weighted by molar-refractivity contribution is 7.88. The Morgan fingerprint density at radius 3 is 2.85 bits per heavy atom. The number of carbonyl (C=O) groups excluding carboxylic acids is 1. The van der Waals surface area contributed by atoms with Gasteiger partial charge >= 0.3 is 0 Å². The van der Waals surface area contributed by atoms with Crippen LogP contribution >= 0.6 is 11.5 Å². The third-order valence-corrected chi connectivity index (χ3v) is 7.30. The van der Waals surface area contributed by atoms with Gasteiger partial charge in [0.05, 0.1) is 48.8 Å². The summed E-state index contributed by atoms with van der Waals surface area (Å²) in [5.41, 5.74) is 4.00. The van der Waals surface area contributed by atoms with Crippen molar-refractivity contribution in [1.29, 1.82) is 0 Å². The minimum absolute atomic E-state index is 0.141. The zero-order valence-electron chi connectivity index (χ0n) is 17.9. The van der Waals surface area contributed by atoms with Crippen LogP contribution in [0.3, 0.4) is 0 Å². The number of aryl methyl sites for hydroxylation is 1. The number of aromatic nitrogens is 6.